The highest BCUT2D eigenvalue weighted by atomic mass is 16.5. The van der Waals surface area contributed by atoms with Crippen molar-refractivity contribution in [2.24, 2.45) is 5.92 Å². The number of hydrogen-bond acceptors (Lipinski definition) is 4. The molecule has 110 valence electrons. The van der Waals surface area contributed by atoms with Crippen LogP contribution < -0.4 is 15.4 Å². The Bertz CT molecular complexity index is 456. The molecule has 0 bridgehead atoms. The standard InChI is InChI=1S/C15H22N2O3/c1-20-12-2-3-14(18)13(10-12)15(19)17-9-6-11-4-7-16-8-5-11/h2-3,10-11,16,18H,4-9H2,1H3,(H,17,19). The third-order valence-electron chi connectivity index (χ3n) is 3.75. The number of phenols is 1. The average molecular weight is 278 g/mol. The normalized spacial score (nSPS) is 15.8. The zero-order valence-corrected chi connectivity index (χ0v) is 11.8. The predicted octanol–water partition coefficient (Wildman–Crippen LogP) is 1.52. The van der Waals surface area contributed by atoms with Crippen LogP contribution in [-0.4, -0.2) is 37.8 Å². The molecule has 0 spiro atoms. The second-order valence-corrected chi connectivity index (χ2v) is 5.12. The molecular formula is C15H22N2O3. The number of carbonyl (C=O) groups is 1. The van der Waals surface area contributed by atoms with Gasteiger partial charge in [-0.3, -0.25) is 4.79 Å². The number of nitrogens with one attached hydrogen (secondary N) is 2. The predicted molar refractivity (Wildman–Crippen MR) is 77.2 cm³/mol. The van der Waals surface area contributed by atoms with Crippen LogP contribution in [0.15, 0.2) is 18.2 Å². The molecule has 0 atom stereocenters. The first-order chi connectivity index (χ1) is 9.70. The van der Waals surface area contributed by atoms with E-state index in [1.807, 2.05) is 0 Å². The second-order valence-electron chi connectivity index (χ2n) is 5.12. The van der Waals surface area contributed by atoms with Gasteiger partial charge in [0.25, 0.3) is 5.91 Å². The van der Waals surface area contributed by atoms with Crippen molar-refractivity contribution in [3.8, 4) is 11.5 Å². The van der Waals surface area contributed by atoms with Gasteiger partial charge in [0.05, 0.1) is 12.7 Å². The summed E-state index contributed by atoms with van der Waals surface area (Å²) in [6, 6.07) is 4.65. The molecule has 0 unspecified atom stereocenters. The maximum absolute atomic E-state index is 12.0. The monoisotopic (exact) mass is 278 g/mol. The van der Waals surface area contributed by atoms with Crippen LogP contribution in [0.25, 0.3) is 0 Å². The molecule has 1 aliphatic rings. The second kappa shape index (κ2) is 7.14. The summed E-state index contributed by atoms with van der Waals surface area (Å²) >= 11 is 0. The van der Waals surface area contributed by atoms with Crippen LogP contribution in [-0.2, 0) is 0 Å². The van der Waals surface area contributed by atoms with Crippen LogP contribution in [0, 0.1) is 5.92 Å². The maximum atomic E-state index is 12.0. The van der Waals surface area contributed by atoms with Gasteiger partial charge < -0.3 is 20.5 Å². The van der Waals surface area contributed by atoms with Crippen molar-refractivity contribution in [3.63, 3.8) is 0 Å². The van der Waals surface area contributed by atoms with Crippen LogP contribution in [0.4, 0.5) is 0 Å². The van der Waals surface area contributed by atoms with E-state index >= 15 is 0 Å². The van der Waals surface area contributed by atoms with E-state index in [0.717, 1.165) is 19.5 Å². The third kappa shape index (κ3) is 3.87. The lowest BCUT2D eigenvalue weighted by Gasteiger charge is -2.22. The molecular weight excluding hydrogens is 256 g/mol. The summed E-state index contributed by atoms with van der Waals surface area (Å²) in [7, 11) is 1.53. The van der Waals surface area contributed by atoms with E-state index in [1.54, 1.807) is 12.1 Å². The average Bonchev–Trinajstić information content (AvgIpc) is 2.48. The number of phenolic OH excluding ortho intramolecular Hbond substituents is 1. The molecule has 0 aromatic heterocycles. The van der Waals surface area contributed by atoms with Crippen molar-refractivity contribution in [2.45, 2.75) is 19.3 Å². The van der Waals surface area contributed by atoms with Gasteiger partial charge in [-0.05, 0) is 56.5 Å². The fraction of sp³-hybridized carbons (Fsp3) is 0.533. The molecule has 0 radical (unpaired) electrons. The lowest BCUT2D eigenvalue weighted by Crippen LogP contribution is -2.31. The molecule has 0 aliphatic carbocycles. The molecule has 2 rings (SSSR count). The van der Waals surface area contributed by atoms with Crippen LogP contribution in [0.3, 0.4) is 0 Å². The number of amides is 1. The number of methoxy groups -OCH3 is 1. The van der Waals surface area contributed by atoms with Gasteiger partial charge in [-0.1, -0.05) is 0 Å². The lowest BCUT2D eigenvalue weighted by molar-refractivity contribution is 0.0947. The van der Waals surface area contributed by atoms with Crippen molar-refractivity contribution in [3.05, 3.63) is 23.8 Å². The Hall–Kier alpha value is -1.75. The molecule has 20 heavy (non-hydrogen) atoms. The first-order valence-electron chi connectivity index (χ1n) is 7.06. The minimum Gasteiger partial charge on any atom is -0.507 e. The number of piperidine rings is 1. The number of carbonyl (C=O) groups excluding carboxylic acids is 1. The van der Waals surface area contributed by atoms with E-state index in [0.29, 0.717) is 18.2 Å². The van der Waals surface area contributed by atoms with Gasteiger partial charge in [-0.2, -0.15) is 0 Å². The fourth-order valence-corrected chi connectivity index (χ4v) is 2.48. The topological polar surface area (TPSA) is 70.6 Å². The Balaban J connectivity index is 1.84. The number of aromatic hydroxyl groups is 1. The summed E-state index contributed by atoms with van der Waals surface area (Å²) in [5.74, 6) is 0.960. The van der Waals surface area contributed by atoms with Gasteiger partial charge in [0.15, 0.2) is 0 Å². The lowest BCUT2D eigenvalue weighted by atomic mass is 9.95. The van der Waals surface area contributed by atoms with Gasteiger partial charge in [0, 0.05) is 6.54 Å². The first-order valence-corrected chi connectivity index (χ1v) is 7.06. The molecule has 1 aromatic carbocycles. The molecule has 1 amide bonds. The Morgan fingerprint density at radius 1 is 1.45 bits per heavy atom. The summed E-state index contributed by atoms with van der Waals surface area (Å²) in [6.07, 6.45) is 3.32. The number of benzene rings is 1. The molecule has 1 aliphatic heterocycles. The first kappa shape index (κ1) is 14.7. The van der Waals surface area contributed by atoms with E-state index < -0.39 is 0 Å². The molecule has 1 heterocycles. The van der Waals surface area contributed by atoms with Crippen molar-refractivity contribution in [1.82, 2.24) is 10.6 Å². The zero-order chi connectivity index (χ0) is 14.4. The minimum atomic E-state index is -0.254. The van der Waals surface area contributed by atoms with E-state index in [1.165, 1.54) is 26.0 Å². The van der Waals surface area contributed by atoms with Gasteiger partial charge in [-0.15, -0.1) is 0 Å². The Morgan fingerprint density at radius 3 is 2.90 bits per heavy atom. The Labute approximate surface area is 119 Å². The Morgan fingerprint density at radius 2 is 2.20 bits per heavy atom. The van der Waals surface area contributed by atoms with Gasteiger partial charge in [0.2, 0.25) is 0 Å². The van der Waals surface area contributed by atoms with Crippen LogP contribution in [0.2, 0.25) is 0 Å². The highest BCUT2D eigenvalue weighted by molar-refractivity contribution is 5.97. The molecule has 5 nitrogen and oxygen atoms in total. The van der Waals surface area contributed by atoms with Gasteiger partial charge >= 0.3 is 0 Å². The minimum absolute atomic E-state index is 0.0230. The highest BCUT2D eigenvalue weighted by Crippen LogP contribution is 2.22. The van der Waals surface area contributed by atoms with E-state index in [-0.39, 0.29) is 17.2 Å². The molecule has 5 heteroatoms. The summed E-state index contributed by atoms with van der Waals surface area (Å²) in [6.45, 7) is 2.77. The summed E-state index contributed by atoms with van der Waals surface area (Å²) in [5.41, 5.74) is 0.259. The van der Waals surface area contributed by atoms with Gasteiger partial charge in [-0.25, -0.2) is 0 Å². The van der Waals surface area contributed by atoms with E-state index in [9.17, 15) is 9.90 Å². The molecule has 0 saturated carbocycles. The van der Waals surface area contributed by atoms with E-state index in [2.05, 4.69) is 10.6 Å². The number of rotatable bonds is 5. The zero-order valence-electron chi connectivity index (χ0n) is 11.8. The maximum Gasteiger partial charge on any atom is 0.255 e. The fourth-order valence-electron chi connectivity index (χ4n) is 2.48. The van der Waals surface area contributed by atoms with Crippen molar-refractivity contribution >= 4 is 5.91 Å². The van der Waals surface area contributed by atoms with Gasteiger partial charge in [0.1, 0.15) is 11.5 Å². The molecule has 1 fully saturated rings. The quantitative estimate of drug-likeness (QED) is 0.764. The summed E-state index contributed by atoms with van der Waals surface area (Å²) in [4.78, 5) is 12.0. The molecule has 1 saturated heterocycles. The number of ether oxygens (including phenoxy) is 1. The third-order valence-corrected chi connectivity index (χ3v) is 3.75. The van der Waals surface area contributed by atoms with Crippen molar-refractivity contribution in [2.75, 3.05) is 26.7 Å². The smallest absolute Gasteiger partial charge is 0.255 e. The van der Waals surface area contributed by atoms with Crippen molar-refractivity contribution < 1.29 is 14.6 Å². The highest BCUT2D eigenvalue weighted by Gasteiger charge is 2.15. The van der Waals surface area contributed by atoms with E-state index in [4.69, 9.17) is 4.74 Å². The number of hydrogen-bond donors (Lipinski definition) is 3. The Kier molecular flexibility index (Phi) is 5.24. The summed E-state index contributed by atoms with van der Waals surface area (Å²) < 4.78 is 5.06. The van der Waals surface area contributed by atoms with Crippen molar-refractivity contribution in [1.29, 1.82) is 0 Å². The molecule has 3 N–H and O–H groups in total. The van der Waals surface area contributed by atoms with Crippen LogP contribution >= 0.6 is 0 Å². The summed E-state index contributed by atoms with van der Waals surface area (Å²) in [5, 5.41) is 15.9. The van der Waals surface area contributed by atoms with Crippen LogP contribution in [0.1, 0.15) is 29.6 Å². The largest absolute Gasteiger partial charge is 0.507 e. The SMILES string of the molecule is COc1ccc(O)c(C(=O)NCCC2CCNCC2)c1. The molecule has 1 aromatic rings. The van der Waals surface area contributed by atoms with Crippen LogP contribution in [0.5, 0.6) is 11.5 Å².